The van der Waals surface area contributed by atoms with Crippen molar-refractivity contribution >= 4 is 0 Å². The van der Waals surface area contributed by atoms with Crippen LogP contribution in [-0.2, 0) is 0 Å². The van der Waals surface area contributed by atoms with Crippen LogP contribution in [0.3, 0.4) is 0 Å². The molecule has 0 heterocycles. The summed E-state index contributed by atoms with van der Waals surface area (Å²) < 4.78 is 0. The average Bonchev–Trinajstić information content (AvgIpc) is 2.85. The first kappa shape index (κ1) is 18.4. The number of hydrogen-bond acceptors (Lipinski definition) is 3. The van der Waals surface area contributed by atoms with Gasteiger partial charge < -0.3 is 15.3 Å². The lowest BCUT2D eigenvalue weighted by Gasteiger charge is -2.34. The van der Waals surface area contributed by atoms with E-state index in [-0.39, 0.29) is 23.7 Å². The van der Waals surface area contributed by atoms with E-state index >= 15 is 0 Å². The summed E-state index contributed by atoms with van der Waals surface area (Å²) in [5.74, 6) is -0.0381. The van der Waals surface area contributed by atoms with Crippen molar-refractivity contribution in [1.82, 2.24) is 0 Å². The fraction of sp³-hybridized carbons (Fsp3) is 0.700. The molecular formula is C20H32O3. The second-order valence-corrected chi connectivity index (χ2v) is 7.74. The van der Waals surface area contributed by atoms with E-state index in [1.165, 1.54) is 11.1 Å². The van der Waals surface area contributed by atoms with Crippen molar-refractivity contribution in [2.24, 2.45) is 23.7 Å². The molecule has 0 aromatic heterocycles. The third-order valence-electron chi connectivity index (χ3n) is 5.91. The zero-order valence-corrected chi connectivity index (χ0v) is 14.9. The molecule has 0 amide bonds. The lowest BCUT2D eigenvalue weighted by molar-refractivity contribution is -0.0166. The van der Waals surface area contributed by atoms with Gasteiger partial charge in [-0.1, -0.05) is 36.8 Å². The zero-order chi connectivity index (χ0) is 17.3. The number of hydrogen-bond donors (Lipinski definition) is 3. The quantitative estimate of drug-likeness (QED) is 0.697. The van der Waals surface area contributed by atoms with Gasteiger partial charge in [0, 0.05) is 5.92 Å². The van der Waals surface area contributed by atoms with Gasteiger partial charge in [-0.15, -0.1) is 0 Å². The van der Waals surface area contributed by atoms with E-state index in [4.69, 9.17) is 0 Å². The molecule has 2 aliphatic rings. The minimum Gasteiger partial charge on any atom is -0.393 e. The van der Waals surface area contributed by atoms with Crippen molar-refractivity contribution in [1.29, 1.82) is 0 Å². The molecule has 1 saturated carbocycles. The van der Waals surface area contributed by atoms with Gasteiger partial charge in [-0.2, -0.15) is 0 Å². The molecule has 0 saturated heterocycles. The molecule has 2 rings (SSSR count). The number of aliphatic hydroxyl groups excluding tert-OH is 3. The monoisotopic (exact) mass is 320 g/mol. The lowest BCUT2D eigenvalue weighted by atomic mass is 9.75. The van der Waals surface area contributed by atoms with Crippen molar-refractivity contribution in [3.63, 3.8) is 0 Å². The summed E-state index contributed by atoms with van der Waals surface area (Å²) in [6, 6.07) is 0. The molecular weight excluding hydrogens is 288 g/mol. The molecule has 0 radical (unpaired) electrons. The summed E-state index contributed by atoms with van der Waals surface area (Å²) in [5, 5.41) is 32.0. The summed E-state index contributed by atoms with van der Waals surface area (Å²) in [4.78, 5) is 0. The number of rotatable bonds is 4. The van der Waals surface area contributed by atoms with Crippen molar-refractivity contribution < 1.29 is 15.3 Å². The van der Waals surface area contributed by atoms with Gasteiger partial charge in [0.2, 0.25) is 0 Å². The summed E-state index contributed by atoms with van der Waals surface area (Å²) in [6.45, 7) is 12.2. The molecule has 3 heteroatoms. The van der Waals surface area contributed by atoms with Crippen LogP contribution >= 0.6 is 0 Å². The Morgan fingerprint density at radius 1 is 1.39 bits per heavy atom. The molecule has 0 aromatic carbocycles. The Labute approximate surface area is 140 Å². The van der Waals surface area contributed by atoms with Crippen LogP contribution in [0.5, 0.6) is 0 Å². The largest absolute Gasteiger partial charge is 0.393 e. The van der Waals surface area contributed by atoms with Gasteiger partial charge in [0.05, 0.1) is 18.3 Å². The van der Waals surface area contributed by atoms with Gasteiger partial charge in [0.15, 0.2) is 0 Å². The highest BCUT2D eigenvalue weighted by Gasteiger charge is 2.45. The van der Waals surface area contributed by atoms with E-state index in [0.717, 1.165) is 12.0 Å². The first-order chi connectivity index (χ1) is 10.7. The number of aliphatic hydroxyl groups is 3. The Kier molecular flexibility index (Phi) is 5.88. The molecule has 130 valence electrons. The van der Waals surface area contributed by atoms with Crippen molar-refractivity contribution in [3.05, 3.63) is 35.5 Å². The molecule has 2 unspecified atom stereocenters. The summed E-state index contributed by atoms with van der Waals surface area (Å²) in [5.41, 5.74) is 3.21. The van der Waals surface area contributed by atoms with E-state index in [1.807, 2.05) is 26.8 Å². The van der Waals surface area contributed by atoms with E-state index in [1.54, 1.807) is 0 Å². The molecule has 3 nitrogen and oxygen atoms in total. The average molecular weight is 320 g/mol. The smallest absolute Gasteiger partial charge is 0.0754 e. The summed E-state index contributed by atoms with van der Waals surface area (Å²) in [6.07, 6.45) is 4.47. The molecule has 0 bridgehead atoms. The first-order valence-corrected chi connectivity index (χ1v) is 8.77. The lowest BCUT2D eigenvalue weighted by Crippen LogP contribution is -2.38. The van der Waals surface area contributed by atoms with E-state index in [9.17, 15) is 15.3 Å². The van der Waals surface area contributed by atoms with Gasteiger partial charge in [0.1, 0.15) is 0 Å². The van der Waals surface area contributed by atoms with E-state index in [2.05, 4.69) is 19.6 Å². The van der Waals surface area contributed by atoms with Crippen molar-refractivity contribution in [3.8, 4) is 0 Å². The highest BCUT2D eigenvalue weighted by Crippen LogP contribution is 2.47. The number of allylic oxidation sites excluding steroid dienone is 2. The second kappa shape index (κ2) is 7.33. The van der Waals surface area contributed by atoms with Crippen molar-refractivity contribution in [2.45, 2.75) is 65.3 Å². The molecule has 1 fully saturated rings. The minimum absolute atomic E-state index is 0.0303. The maximum atomic E-state index is 11.0. The Morgan fingerprint density at radius 2 is 2.04 bits per heavy atom. The van der Waals surface area contributed by atoms with Crippen LogP contribution in [0.1, 0.15) is 47.0 Å². The maximum Gasteiger partial charge on any atom is 0.0754 e. The predicted molar refractivity (Wildman–Crippen MR) is 93.8 cm³/mol. The van der Waals surface area contributed by atoms with Crippen LogP contribution in [0.2, 0.25) is 0 Å². The second-order valence-electron chi connectivity index (χ2n) is 7.74. The zero-order valence-electron chi connectivity index (χ0n) is 14.9. The van der Waals surface area contributed by atoms with Crippen LogP contribution in [0.15, 0.2) is 35.5 Å². The Balaban J connectivity index is 2.21. The predicted octanol–water partition coefficient (Wildman–Crippen LogP) is 3.22. The van der Waals surface area contributed by atoms with Gasteiger partial charge in [-0.25, -0.2) is 0 Å². The third-order valence-corrected chi connectivity index (χ3v) is 5.91. The van der Waals surface area contributed by atoms with E-state index < -0.39 is 18.3 Å². The van der Waals surface area contributed by atoms with Crippen LogP contribution in [0.4, 0.5) is 0 Å². The normalized spacial score (nSPS) is 36.7. The van der Waals surface area contributed by atoms with Gasteiger partial charge in [-0.05, 0) is 63.4 Å². The van der Waals surface area contributed by atoms with Crippen LogP contribution in [0.25, 0.3) is 0 Å². The van der Waals surface area contributed by atoms with Gasteiger partial charge >= 0.3 is 0 Å². The third kappa shape index (κ3) is 3.78. The fourth-order valence-corrected chi connectivity index (χ4v) is 4.25. The standard InChI is InChI=1S/C20H32O3/c1-11(2)6-9-17(21)14(5)16-10-18(22)13(4)15-8-7-12(3)19(15)20(16)23/h6-7,14-23H,4,8-10H2,1-3,5H3/t14?,15-,16-,17?,18+,19+,20+/m0/s1. The Bertz CT molecular complexity index is 501. The molecule has 2 aliphatic carbocycles. The van der Waals surface area contributed by atoms with Gasteiger partial charge in [0.25, 0.3) is 0 Å². The van der Waals surface area contributed by atoms with Gasteiger partial charge in [-0.3, -0.25) is 0 Å². The first-order valence-electron chi connectivity index (χ1n) is 8.77. The number of fused-ring (bicyclic) bond motifs is 1. The molecule has 0 spiro atoms. The van der Waals surface area contributed by atoms with Crippen LogP contribution in [0, 0.1) is 23.7 Å². The Hall–Kier alpha value is -0.900. The molecule has 3 N–H and O–H groups in total. The highest BCUT2D eigenvalue weighted by atomic mass is 16.3. The topological polar surface area (TPSA) is 60.7 Å². The van der Waals surface area contributed by atoms with Crippen molar-refractivity contribution in [2.75, 3.05) is 0 Å². The molecule has 0 aromatic rings. The minimum atomic E-state index is -0.595. The van der Waals surface area contributed by atoms with E-state index in [0.29, 0.717) is 12.8 Å². The summed E-state index contributed by atoms with van der Waals surface area (Å²) >= 11 is 0. The SMILES string of the molecule is C=C1[C@H](O)C[C@@H](C(C)C(O)CC=C(C)C)[C@@H](O)[C@@H]2C(C)=CC[C@@H]12. The fourth-order valence-electron chi connectivity index (χ4n) is 4.25. The summed E-state index contributed by atoms with van der Waals surface area (Å²) in [7, 11) is 0. The van der Waals surface area contributed by atoms with Crippen LogP contribution in [-0.4, -0.2) is 33.6 Å². The maximum absolute atomic E-state index is 11.0. The molecule has 23 heavy (non-hydrogen) atoms. The molecule has 0 aliphatic heterocycles. The Morgan fingerprint density at radius 3 is 2.65 bits per heavy atom. The highest BCUT2D eigenvalue weighted by molar-refractivity contribution is 5.26. The molecule has 7 atom stereocenters. The van der Waals surface area contributed by atoms with Crippen LogP contribution < -0.4 is 0 Å².